The zero-order chi connectivity index (χ0) is 10.4. The fourth-order valence-corrected chi connectivity index (χ4v) is 3.05. The molecular weight excluding hydrogens is 212 g/mol. The van der Waals surface area contributed by atoms with E-state index in [1.165, 1.54) is 10.6 Å². The molecule has 0 aliphatic rings. The van der Waals surface area contributed by atoms with Gasteiger partial charge in [-0.2, -0.15) is 11.8 Å². The average Bonchev–Trinajstić information content (AvgIpc) is 2.58. The number of aromatic nitrogens is 1. The molecule has 0 spiro atoms. The van der Waals surface area contributed by atoms with Crippen LogP contribution in [0.5, 0.6) is 0 Å². The van der Waals surface area contributed by atoms with Gasteiger partial charge in [-0.15, -0.1) is 11.3 Å². The highest BCUT2D eigenvalue weighted by Crippen LogP contribution is 2.15. The maximum atomic E-state index is 5.83. The van der Waals surface area contributed by atoms with Crippen LogP contribution in [0.3, 0.4) is 0 Å². The van der Waals surface area contributed by atoms with E-state index in [4.69, 9.17) is 5.73 Å². The molecule has 80 valence electrons. The monoisotopic (exact) mass is 230 g/mol. The minimum Gasteiger partial charge on any atom is -0.327 e. The molecule has 14 heavy (non-hydrogen) atoms. The fraction of sp³-hybridized carbons (Fsp3) is 0.700. The highest BCUT2D eigenvalue weighted by Gasteiger charge is 2.02. The van der Waals surface area contributed by atoms with Gasteiger partial charge in [-0.1, -0.05) is 6.92 Å². The van der Waals surface area contributed by atoms with E-state index in [1.807, 2.05) is 17.3 Å². The van der Waals surface area contributed by atoms with Gasteiger partial charge in [-0.05, 0) is 25.5 Å². The Morgan fingerprint density at radius 2 is 2.43 bits per heavy atom. The maximum Gasteiger partial charge on any atom is 0.0797 e. The van der Waals surface area contributed by atoms with Crippen LogP contribution in [0.25, 0.3) is 0 Å². The van der Waals surface area contributed by atoms with Gasteiger partial charge in [0, 0.05) is 16.7 Å². The highest BCUT2D eigenvalue weighted by atomic mass is 32.2. The summed E-state index contributed by atoms with van der Waals surface area (Å²) in [5, 5.41) is 0. The summed E-state index contributed by atoms with van der Waals surface area (Å²) in [5.74, 6) is 2.24. The second-order valence-electron chi connectivity index (χ2n) is 3.35. The average molecular weight is 230 g/mol. The summed E-state index contributed by atoms with van der Waals surface area (Å²) in [6, 6.07) is 0.363. The molecule has 0 radical (unpaired) electrons. The summed E-state index contributed by atoms with van der Waals surface area (Å²) in [7, 11) is 0. The van der Waals surface area contributed by atoms with Gasteiger partial charge in [0.05, 0.1) is 11.2 Å². The molecule has 0 amide bonds. The molecule has 2 nitrogen and oxygen atoms in total. The molecule has 1 atom stereocenters. The lowest BCUT2D eigenvalue weighted by Gasteiger charge is -2.07. The lowest BCUT2D eigenvalue weighted by Crippen LogP contribution is -2.21. The van der Waals surface area contributed by atoms with E-state index in [-0.39, 0.29) is 0 Å². The van der Waals surface area contributed by atoms with Crippen molar-refractivity contribution in [2.45, 2.75) is 32.7 Å². The molecule has 1 heterocycles. The van der Waals surface area contributed by atoms with Crippen LogP contribution < -0.4 is 5.73 Å². The molecule has 0 bridgehead atoms. The van der Waals surface area contributed by atoms with Crippen molar-refractivity contribution in [2.24, 2.45) is 5.73 Å². The largest absolute Gasteiger partial charge is 0.327 e. The number of hydrogen-bond acceptors (Lipinski definition) is 4. The van der Waals surface area contributed by atoms with E-state index in [0.29, 0.717) is 6.04 Å². The Kier molecular flexibility index (Phi) is 5.52. The first-order valence-corrected chi connectivity index (χ1v) is 6.99. The Balaban J connectivity index is 2.13. The highest BCUT2D eigenvalue weighted by molar-refractivity contribution is 7.99. The van der Waals surface area contributed by atoms with Crippen LogP contribution in [0, 0.1) is 6.92 Å². The van der Waals surface area contributed by atoms with Crippen molar-refractivity contribution >= 4 is 23.1 Å². The van der Waals surface area contributed by atoms with Crippen molar-refractivity contribution < 1.29 is 0 Å². The summed E-state index contributed by atoms with van der Waals surface area (Å²) in [6.45, 7) is 4.22. The van der Waals surface area contributed by atoms with E-state index in [0.717, 1.165) is 24.3 Å². The van der Waals surface area contributed by atoms with Crippen LogP contribution in [0.1, 0.15) is 23.9 Å². The maximum absolute atomic E-state index is 5.83. The Morgan fingerprint density at radius 1 is 1.64 bits per heavy atom. The zero-order valence-electron chi connectivity index (χ0n) is 8.82. The number of nitrogens with zero attached hydrogens (tertiary/aromatic N) is 1. The van der Waals surface area contributed by atoms with Gasteiger partial charge in [0.15, 0.2) is 0 Å². The number of aryl methyl sites for hydroxylation is 2. The minimum absolute atomic E-state index is 0.363. The molecule has 1 aromatic rings. The predicted octanol–water partition coefficient (Wildman–Crippen LogP) is 2.46. The van der Waals surface area contributed by atoms with Crippen LogP contribution in [0.15, 0.2) is 5.51 Å². The number of hydrogen-bond donors (Lipinski definition) is 1. The van der Waals surface area contributed by atoms with Gasteiger partial charge < -0.3 is 5.73 Å². The number of thioether (sulfide) groups is 1. The minimum atomic E-state index is 0.363. The van der Waals surface area contributed by atoms with Gasteiger partial charge in [0.25, 0.3) is 0 Å². The number of thiazole rings is 1. The first kappa shape index (κ1) is 12.0. The Hall–Kier alpha value is -0.0600. The molecule has 0 fully saturated rings. The van der Waals surface area contributed by atoms with Crippen molar-refractivity contribution in [3.05, 3.63) is 16.1 Å². The van der Waals surface area contributed by atoms with Crippen LogP contribution in [-0.2, 0) is 6.42 Å². The van der Waals surface area contributed by atoms with Crippen LogP contribution in [0.4, 0.5) is 0 Å². The quantitative estimate of drug-likeness (QED) is 0.763. The van der Waals surface area contributed by atoms with Crippen molar-refractivity contribution in [3.63, 3.8) is 0 Å². The third-order valence-electron chi connectivity index (χ3n) is 2.17. The van der Waals surface area contributed by atoms with Crippen LogP contribution in [-0.4, -0.2) is 22.5 Å². The molecule has 1 aromatic heterocycles. The van der Waals surface area contributed by atoms with Gasteiger partial charge >= 0.3 is 0 Å². The van der Waals surface area contributed by atoms with E-state index in [1.54, 1.807) is 11.3 Å². The Bertz CT molecular complexity index is 260. The third kappa shape index (κ3) is 3.98. The van der Waals surface area contributed by atoms with Gasteiger partial charge in [-0.3, -0.25) is 0 Å². The molecule has 0 aliphatic heterocycles. The molecule has 0 saturated heterocycles. The summed E-state index contributed by atoms with van der Waals surface area (Å²) >= 11 is 3.71. The molecule has 4 heteroatoms. The number of nitrogens with two attached hydrogens (primary N) is 1. The van der Waals surface area contributed by atoms with Crippen LogP contribution >= 0.6 is 23.1 Å². The summed E-state index contributed by atoms with van der Waals surface area (Å²) in [5.41, 5.74) is 8.95. The molecule has 0 aliphatic carbocycles. The van der Waals surface area contributed by atoms with Gasteiger partial charge in [0.2, 0.25) is 0 Å². The molecule has 0 saturated carbocycles. The summed E-state index contributed by atoms with van der Waals surface area (Å²) < 4.78 is 0. The van der Waals surface area contributed by atoms with Crippen molar-refractivity contribution in [3.8, 4) is 0 Å². The lowest BCUT2D eigenvalue weighted by molar-refractivity contribution is 0.724. The topological polar surface area (TPSA) is 38.9 Å². The molecule has 0 aromatic carbocycles. The molecule has 1 unspecified atom stereocenters. The zero-order valence-corrected chi connectivity index (χ0v) is 10.5. The molecule has 2 N–H and O–H groups in total. The standard InChI is InChI=1S/C10H18N2S2/c1-3-9(11)6-13-5-4-10-8(2)12-7-14-10/h7,9H,3-6,11H2,1-2H3. The third-order valence-corrected chi connectivity index (χ3v) is 4.33. The van der Waals surface area contributed by atoms with E-state index < -0.39 is 0 Å². The molecule has 1 rings (SSSR count). The van der Waals surface area contributed by atoms with E-state index in [9.17, 15) is 0 Å². The van der Waals surface area contributed by atoms with Crippen LogP contribution in [0.2, 0.25) is 0 Å². The first-order chi connectivity index (χ1) is 6.74. The number of rotatable bonds is 6. The smallest absolute Gasteiger partial charge is 0.0797 e. The second-order valence-corrected chi connectivity index (χ2v) is 5.44. The first-order valence-electron chi connectivity index (χ1n) is 4.96. The SMILES string of the molecule is CCC(N)CSCCc1scnc1C. The van der Waals surface area contributed by atoms with Gasteiger partial charge in [-0.25, -0.2) is 4.98 Å². The van der Waals surface area contributed by atoms with E-state index in [2.05, 4.69) is 18.8 Å². The van der Waals surface area contributed by atoms with Crippen molar-refractivity contribution in [1.82, 2.24) is 4.98 Å². The van der Waals surface area contributed by atoms with Crippen molar-refractivity contribution in [1.29, 1.82) is 0 Å². The Morgan fingerprint density at radius 3 is 3.00 bits per heavy atom. The summed E-state index contributed by atoms with van der Waals surface area (Å²) in [6.07, 6.45) is 2.21. The lowest BCUT2D eigenvalue weighted by atomic mass is 10.3. The summed E-state index contributed by atoms with van der Waals surface area (Å²) in [4.78, 5) is 5.65. The van der Waals surface area contributed by atoms with Gasteiger partial charge in [0.1, 0.15) is 0 Å². The van der Waals surface area contributed by atoms with Crippen molar-refractivity contribution in [2.75, 3.05) is 11.5 Å². The normalized spacial score (nSPS) is 13.1. The molecular formula is C10H18N2S2. The van der Waals surface area contributed by atoms with E-state index >= 15 is 0 Å². The second kappa shape index (κ2) is 6.43. The fourth-order valence-electron chi connectivity index (χ4n) is 1.08. The Labute approximate surface area is 94.3 Å². The predicted molar refractivity (Wildman–Crippen MR) is 66.1 cm³/mol.